The molecule has 1 aliphatic heterocycles. The van der Waals surface area contributed by atoms with Crippen molar-refractivity contribution in [3.05, 3.63) is 0 Å². The van der Waals surface area contributed by atoms with Crippen LogP contribution in [-0.2, 0) is 4.74 Å². The first-order chi connectivity index (χ1) is 8.65. The van der Waals surface area contributed by atoms with Gasteiger partial charge in [-0.3, -0.25) is 0 Å². The first kappa shape index (κ1) is 14.3. The van der Waals surface area contributed by atoms with Crippen molar-refractivity contribution < 1.29 is 4.74 Å². The third-order valence-electron chi connectivity index (χ3n) is 5.24. The molecule has 1 saturated heterocycles. The lowest BCUT2D eigenvalue weighted by Gasteiger charge is -2.47. The number of nitrogens with one attached hydrogen (secondary N) is 1. The zero-order valence-electron chi connectivity index (χ0n) is 12.5. The van der Waals surface area contributed by atoms with Gasteiger partial charge in [0.1, 0.15) is 0 Å². The average molecular weight is 253 g/mol. The van der Waals surface area contributed by atoms with Crippen LogP contribution in [-0.4, -0.2) is 25.8 Å². The lowest BCUT2D eigenvalue weighted by Crippen LogP contribution is -2.50. The monoisotopic (exact) mass is 253 g/mol. The molecule has 2 nitrogen and oxygen atoms in total. The molecule has 2 aliphatic rings. The Balaban J connectivity index is 2.07. The van der Waals surface area contributed by atoms with Gasteiger partial charge in [-0.1, -0.05) is 33.6 Å². The van der Waals surface area contributed by atoms with Crippen LogP contribution in [0.2, 0.25) is 0 Å². The van der Waals surface area contributed by atoms with Crippen LogP contribution in [0.4, 0.5) is 0 Å². The topological polar surface area (TPSA) is 21.3 Å². The predicted octanol–water partition coefficient (Wildman–Crippen LogP) is 3.61. The molecule has 0 radical (unpaired) electrons. The van der Waals surface area contributed by atoms with E-state index in [0.717, 1.165) is 31.6 Å². The minimum Gasteiger partial charge on any atom is -0.381 e. The highest BCUT2D eigenvalue weighted by atomic mass is 16.5. The van der Waals surface area contributed by atoms with Crippen molar-refractivity contribution in [1.82, 2.24) is 5.32 Å². The molecule has 0 bridgehead atoms. The van der Waals surface area contributed by atoms with Crippen LogP contribution >= 0.6 is 0 Å². The van der Waals surface area contributed by atoms with Crippen molar-refractivity contribution in [3.63, 3.8) is 0 Å². The first-order valence-corrected chi connectivity index (χ1v) is 7.96. The molecule has 106 valence electrons. The van der Waals surface area contributed by atoms with E-state index < -0.39 is 0 Å². The Bertz CT molecular complexity index is 245. The van der Waals surface area contributed by atoms with Gasteiger partial charge in [0.05, 0.1) is 0 Å². The van der Waals surface area contributed by atoms with Gasteiger partial charge in [-0.05, 0) is 49.5 Å². The van der Waals surface area contributed by atoms with Crippen molar-refractivity contribution in [2.75, 3.05) is 19.8 Å². The molecule has 1 saturated carbocycles. The maximum Gasteiger partial charge on any atom is 0.0469 e. The lowest BCUT2D eigenvalue weighted by molar-refractivity contribution is 0.0141. The third-order valence-corrected chi connectivity index (χ3v) is 5.24. The Labute approximate surface area is 113 Å². The van der Waals surface area contributed by atoms with Crippen molar-refractivity contribution in [2.24, 2.45) is 17.3 Å². The van der Waals surface area contributed by atoms with Crippen LogP contribution in [0.15, 0.2) is 0 Å². The van der Waals surface area contributed by atoms with E-state index in [9.17, 15) is 0 Å². The Morgan fingerprint density at radius 1 is 1.17 bits per heavy atom. The van der Waals surface area contributed by atoms with Gasteiger partial charge in [-0.2, -0.15) is 0 Å². The Hall–Kier alpha value is -0.0800. The Morgan fingerprint density at radius 3 is 2.50 bits per heavy atom. The van der Waals surface area contributed by atoms with E-state index in [1.807, 2.05) is 0 Å². The molecular weight excluding hydrogens is 222 g/mol. The molecule has 0 aromatic heterocycles. The molecule has 1 heterocycles. The van der Waals surface area contributed by atoms with Crippen LogP contribution in [0.5, 0.6) is 0 Å². The number of hydrogen-bond acceptors (Lipinski definition) is 2. The van der Waals surface area contributed by atoms with Gasteiger partial charge in [-0.15, -0.1) is 0 Å². The molecule has 2 heteroatoms. The molecule has 0 aromatic rings. The molecule has 1 N–H and O–H groups in total. The van der Waals surface area contributed by atoms with E-state index in [4.69, 9.17) is 4.74 Å². The summed E-state index contributed by atoms with van der Waals surface area (Å²) in [6, 6.07) is 0.717. The lowest BCUT2D eigenvalue weighted by atomic mass is 9.63. The van der Waals surface area contributed by atoms with E-state index in [0.29, 0.717) is 11.5 Å². The molecule has 18 heavy (non-hydrogen) atoms. The number of ether oxygens (including phenoxy) is 1. The summed E-state index contributed by atoms with van der Waals surface area (Å²) in [6.07, 6.45) is 8.19. The van der Waals surface area contributed by atoms with Gasteiger partial charge in [-0.25, -0.2) is 0 Å². The minimum absolute atomic E-state index is 0.517. The Kier molecular flexibility index (Phi) is 5.08. The molecular formula is C16H31NO. The summed E-state index contributed by atoms with van der Waals surface area (Å²) in [5, 5.41) is 3.82. The van der Waals surface area contributed by atoms with E-state index in [-0.39, 0.29) is 0 Å². The number of hydrogen-bond donors (Lipinski definition) is 1. The normalized spacial score (nSPS) is 31.2. The molecule has 2 unspecified atom stereocenters. The summed E-state index contributed by atoms with van der Waals surface area (Å²) >= 11 is 0. The largest absolute Gasteiger partial charge is 0.381 e. The summed E-state index contributed by atoms with van der Waals surface area (Å²) < 4.78 is 5.54. The van der Waals surface area contributed by atoms with Crippen LogP contribution in [0, 0.1) is 17.3 Å². The smallest absolute Gasteiger partial charge is 0.0469 e. The van der Waals surface area contributed by atoms with E-state index in [2.05, 4.69) is 26.1 Å². The maximum atomic E-state index is 5.54. The second kappa shape index (κ2) is 6.38. The van der Waals surface area contributed by atoms with Crippen LogP contribution in [0.1, 0.15) is 59.3 Å². The minimum atomic E-state index is 0.517. The zero-order chi connectivity index (χ0) is 13.0. The highest BCUT2D eigenvalue weighted by Crippen LogP contribution is 2.44. The summed E-state index contributed by atoms with van der Waals surface area (Å²) in [5.74, 6) is 1.69. The van der Waals surface area contributed by atoms with Crippen LogP contribution in [0.25, 0.3) is 0 Å². The van der Waals surface area contributed by atoms with Crippen LogP contribution in [0.3, 0.4) is 0 Å². The molecule has 0 spiro atoms. The second-order valence-electron chi connectivity index (χ2n) is 6.87. The van der Waals surface area contributed by atoms with Gasteiger partial charge in [0, 0.05) is 19.3 Å². The zero-order valence-corrected chi connectivity index (χ0v) is 12.5. The third kappa shape index (κ3) is 3.27. The Morgan fingerprint density at radius 2 is 1.89 bits per heavy atom. The SMILES string of the molecule is CCNC(C1CCOCC1)C1CCCCC1(C)C. The number of rotatable bonds is 4. The molecule has 0 amide bonds. The fourth-order valence-corrected chi connectivity index (χ4v) is 4.13. The maximum absolute atomic E-state index is 5.54. The molecule has 2 fully saturated rings. The van der Waals surface area contributed by atoms with Gasteiger partial charge >= 0.3 is 0 Å². The fraction of sp³-hybridized carbons (Fsp3) is 1.00. The molecule has 2 rings (SSSR count). The van der Waals surface area contributed by atoms with Gasteiger partial charge in [0.2, 0.25) is 0 Å². The van der Waals surface area contributed by atoms with Crippen molar-refractivity contribution in [2.45, 2.75) is 65.3 Å². The molecule has 0 aromatic carbocycles. The quantitative estimate of drug-likeness (QED) is 0.826. The summed E-state index contributed by atoms with van der Waals surface area (Å²) in [6.45, 7) is 10.3. The van der Waals surface area contributed by atoms with Gasteiger partial charge in [0.25, 0.3) is 0 Å². The standard InChI is InChI=1S/C16H31NO/c1-4-17-15(13-8-11-18-12-9-13)14-7-5-6-10-16(14,2)3/h13-15,17H,4-12H2,1-3H3. The highest BCUT2D eigenvalue weighted by Gasteiger charge is 2.40. The summed E-state index contributed by atoms with van der Waals surface area (Å²) in [4.78, 5) is 0. The van der Waals surface area contributed by atoms with E-state index >= 15 is 0 Å². The van der Waals surface area contributed by atoms with E-state index in [1.54, 1.807) is 0 Å². The van der Waals surface area contributed by atoms with Gasteiger partial charge < -0.3 is 10.1 Å². The second-order valence-corrected chi connectivity index (χ2v) is 6.87. The first-order valence-electron chi connectivity index (χ1n) is 7.96. The highest BCUT2D eigenvalue weighted by molar-refractivity contribution is 4.93. The van der Waals surface area contributed by atoms with Gasteiger partial charge in [0.15, 0.2) is 0 Å². The van der Waals surface area contributed by atoms with Crippen LogP contribution < -0.4 is 5.32 Å². The summed E-state index contributed by atoms with van der Waals surface area (Å²) in [7, 11) is 0. The van der Waals surface area contributed by atoms with E-state index in [1.165, 1.54) is 38.5 Å². The molecule has 2 atom stereocenters. The predicted molar refractivity (Wildman–Crippen MR) is 76.7 cm³/mol. The molecule has 1 aliphatic carbocycles. The average Bonchev–Trinajstić information content (AvgIpc) is 2.37. The fourth-order valence-electron chi connectivity index (χ4n) is 4.13. The van der Waals surface area contributed by atoms with Crippen molar-refractivity contribution >= 4 is 0 Å². The van der Waals surface area contributed by atoms with Crippen molar-refractivity contribution in [3.8, 4) is 0 Å². The van der Waals surface area contributed by atoms with Crippen molar-refractivity contribution in [1.29, 1.82) is 0 Å². The summed E-state index contributed by atoms with van der Waals surface area (Å²) in [5.41, 5.74) is 0.517.